The lowest BCUT2D eigenvalue weighted by molar-refractivity contribution is -0.132. The van der Waals surface area contributed by atoms with E-state index in [0.29, 0.717) is 6.61 Å². The van der Waals surface area contributed by atoms with Gasteiger partial charge in [-0.25, -0.2) is 9.79 Å². The molecule has 0 aliphatic heterocycles. The van der Waals surface area contributed by atoms with Crippen LogP contribution in [0.25, 0.3) is 0 Å². The number of rotatable bonds is 6. The predicted molar refractivity (Wildman–Crippen MR) is 68.1 cm³/mol. The molecule has 0 atom stereocenters. The van der Waals surface area contributed by atoms with Crippen molar-refractivity contribution in [3.05, 3.63) is 53.7 Å². The maximum Gasteiger partial charge on any atom is 0.331 e. The summed E-state index contributed by atoms with van der Waals surface area (Å²) in [4.78, 5) is 18.2. The molecule has 1 heterocycles. The Balaban J connectivity index is 2.63. The molecule has 0 saturated carbocycles. The zero-order valence-electron chi connectivity index (χ0n) is 10.0. The van der Waals surface area contributed by atoms with Crippen LogP contribution in [-0.2, 0) is 16.1 Å². The van der Waals surface area contributed by atoms with Crippen LogP contribution in [0.3, 0.4) is 0 Å². The van der Waals surface area contributed by atoms with Crippen molar-refractivity contribution in [3.63, 3.8) is 0 Å². The quantitative estimate of drug-likeness (QED) is 0.361. The Labute approximate surface area is 105 Å². The molecule has 94 valence electrons. The Kier molecular flexibility index (Phi) is 5.31. The van der Waals surface area contributed by atoms with Crippen LogP contribution in [0.1, 0.15) is 12.5 Å². The maximum absolute atomic E-state index is 10.6. The van der Waals surface area contributed by atoms with Gasteiger partial charge in [0.05, 0.1) is 0 Å². The van der Waals surface area contributed by atoms with Gasteiger partial charge in [0.25, 0.3) is 0 Å². The molecule has 0 spiro atoms. The summed E-state index contributed by atoms with van der Waals surface area (Å²) in [5, 5.41) is 8.68. The van der Waals surface area contributed by atoms with Crippen LogP contribution in [0.15, 0.2) is 53.1 Å². The lowest BCUT2D eigenvalue weighted by Gasteiger charge is -2.04. The van der Waals surface area contributed by atoms with Gasteiger partial charge in [0.15, 0.2) is 0 Å². The molecule has 1 aromatic heterocycles. The summed E-state index contributed by atoms with van der Waals surface area (Å²) in [7, 11) is 0. The first kappa shape index (κ1) is 13.6. The Morgan fingerprint density at radius 1 is 1.61 bits per heavy atom. The lowest BCUT2D eigenvalue weighted by Crippen LogP contribution is -1.96. The third-order valence-electron chi connectivity index (χ3n) is 2.08. The standard InChI is InChI=1S/C13H14N2O3/c1-10(13(16)17)5-6-12(14-2)18-9-11-4-3-7-15-8-11/h3-8H,2,9H2,1H3,(H,16,17)/b10-5+,12-6+. The molecule has 0 aromatic carbocycles. The summed E-state index contributed by atoms with van der Waals surface area (Å²) >= 11 is 0. The molecule has 0 saturated heterocycles. The minimum absolute atomic E-state index is 0.195. The van der Waals surface area contributed by atoms with E-state index in [2.05, 4.69) is 16.7 Å². The molecule has 0 aliphatic carbocycles. The summed E-state index contributed by atoms with van der Waals surface area (Å²) in [5.74, 6) is -0.721. The van der Waals surface area contributed by atoms with Crippen LogP contribution in [-0.4, -0.2) is 22.8 Å². The van der Waals surface area contributed by atoms with E-state index < -0.39 is 5.97 Å². The summed E-state index contributed by atoms with van der Waals surface area (Å²) in [5.41, 5.74) is 1.09. The van der Waals surface area contributed by atoms with Gasteiger partial charge in [0.2, 0.25) is 5.88 Å². The molecule has 0 radical (unpaired) electrons. The Morgan fingerprint density at radius 2 is 2.39 bits per heavy atom. The Hall–Kier alpha value is -2.43. The van der Waals surface area contributed by atoms with Crippen molar-refractivity contribution in [2.45, 2.75) is 13.5 Å². The first-order chi connectivity index (χ1) is 8.63. The highest BCUT2D eigenvalue weighted by molar-refractivity contribution is 5.86. The molecule has 1 rings (SSSR count). The monoisotopic (exact) mass is 246 g/mol. The Morgan fingerprint density at radius 3 is 2.94 bits per heavy atom. The Bertz CT molecular complexity index is 478. The second kappa shape index (κ2) is 7.01. The van der Waals surface area contributed by atoms with Crippen molar-refractivity contribution in [1.82, 2.24) is 4.98 Å². The average Bonchev–Trinajstić information content (AvgIpc) is 2.39. The van der Waals surface area contributed by atoms with Gasteiger partial charge < -0.3 is 9.84 Å². The van der Waals surface area contributed by atoms with Gasteiger partial charge in [-0.05, 0) is 25.8 Å². The van der Waals surface area contributed by atoms with Gasteiger partial charge in [-0.2, -0.15) is 0 Å². The number of aliphatic imine (C=N–C) groups is 1. The molecule has 1 aromatic rings. The normalized spacial score (nSPS) is 12.1. The molecule has 0 unspecified atom stereocenters. The second-order valence-corrected chi connectivity index (χ2v) is 3.47. The number of hydrogen-bond acceptors (Lipinski definition) is 4. The van der Waals surface area contributed by atoms with Crippen molar-refractivity contribution in [2.24, 2.45) is 4.99 Å². The predicted octanol–water partition coefficient (Wildman–Crippen LogP) is 2.17. The molecular weight excluding hydrogens is 232 g/mol. The first-order valence-electron chi connectivity index (χ1n) is 5.24. The van der Waals surface area contributed by atoms with E-state index in [0.717, 1.165) is 5.56 Å². The minimum Gasteiger partial charge on any atom is -0.478 e. The number of carboxylic acid groups (broad SMARTS) is 1. The SMILES string of the molecule is C=N/C(=C\C=C(/C)C(=O)O)OCc1cccnc1. The molecule has 5 heteroatoms. The van der Waals surface area contributed by atoms with Gasteiger partial charge in [0.1, 0.15) is 6.61 Å². The van der Waals surface area contributed by atoms with Crippen molar-refractivity contribution in [2.75, 3.05) is 0 Å². The molecule has 0 bridgehead atoms. The number of carbonyl (C=O) groups is 1. The molecule has 1 N–H and O–H groups in total. The number of aliphatic carboxylic acids is 1. The van der Waals surface area contributed by atoms with Gasteiger partial charge >= 0.3 is 5.97 Å². The average molecular weight is 246 g/mol. The van der Waals surface area contributed by atoms with Crippen LogP contribution in [0.2, 0.25) is 0 Å². The maximum atomic E-state index is 10.6. The first-order valence-corrected chi connectivity index (χ1v) is 5.24. The molecule has 5 nitrogen and oxygen atoms in total. The fourth-order valence-corrected chi connectivity index (χ4v) is 1.05. The molecule has 0 fully saturated rings. The molecule has 0 aliphatic rings. The number of carboxylic acids is 1. The highest BCUT2D eigenvalue weighted by Crippen LogP contribution is 2.06. The number of aromatic nitrogens is 1. The van der Waals surface area contributed by atoms with Crippen molar-refractivity contribution >= 4 is 12.7 Å². The topological polar surface area (TPSA) is 71.8 Å². The smallest absolute Gasteiger partial charge is 0.331 e. The zero-order valence-corrected chi connectivity index (χ0v) is 10.0. The van der Waals surface area contributed by atoms with Crippen molar-refractivity contribution in [3.8, 4) is 0 Å². The number of pyridine rings is 1. The van der Waals surface area contributed by atoms with Gasteiger partial charge in [-0.1, -0.05) is 6.07 Å². The summed E-state index contributed by atoms with van der Waals surface area (Å²) < 4.78 is 5.36. The lowest BCUT2D eigenvalue weighted by atomic mass is 10.3. The number of hydrogen-bond donors (Lipinski definition) is 1. The van der Waals surface area contributed by atoms with E-state index >= 15 is 0 Å². The summed E-state index contributed by atoms with van der Waals surface area (Å²) in [6, 6.07) is 3.67. The fraction of sp³-hybridized carbons (Fsp3) is 0.154. The van der Waals surface area contributed by atoms with Crippen LogP contribution >= 0.6 is 0 Å². The highest BCUT2D eigenvalue weighted by Gasteiger charge is 1.99. The van der Waals surface area contributed by atoms with E-state index in [1.165, 1.54) is 19.1 Å². The largest absolute Gasteiger partial charge is 0.478 e. The molecule has 0 amide bonds. The van der Waals surface area contributed by atoms with Gasteiger partial charge in [-0.15, -0.1) is 0 Å². The van der Waals surface area contributed by atoms with E-state index in [9.17, 15) is 4.79 Å². The number of ether oxygens (including phenoxy) is 1. The number of nitrogens with zero attached hydrogens (tertiary/aromatic N) is 2. The number of allylic oxidation sites excluding steroid dienone is 2. The molecule has 18 heavy (non-hydrogen) atoms. The van der Waals surface area contributed by atoms with Crippen LogP contribution in [0.5, 0.6) is 0 Å². The van der Waals surface area contributed by atoms with Crippen LogP contribution in [0, 0.1) is 0 Å². The molecular formula is C13H14N2O3. The van der Waals surface area contributed by atoms with Crippen molar-refractivity contribution < 1.29 is 14.6 Å². The fourth-order valence-electron chi connectivity index (χ4n) is 1.05. The summed E-state index contributed by atoms with van der Waals surface area (Å²) in [6.07, 6.45) is 6.23. The van der Waals surface area contributed by atoms with Crippen molar-refractivity contribution in [1.29, 1.82) is 0 Å². The van der Waals surface area contributed by atoms with Gasteiger partial charge in [-0.3, -0.25) is 4.98 Å². The van der Waals surface area contributed by atoms with E-state index in [1.807, 2.05) is 6.07 Å². The highest BCUT2D eigenvalue weighted by atomic mass is 16.5. The second-order valence-electron chi connectivity index (χ2n) is 3.47. The van der Waals surface area contributed by atoms with Crippen LogP contribution in [0.4, 0.5) is 0 Å². The van der Waals surface area contributed by atoms with E-state index in [-0.39, 0.29) is 11.5 Å². The third-order valence-corrected chi connectivity index (χ3v) is 2.08. The third kappa shape index (κ3) is 4.61. The van der Waals surface area contributed by atoms with Crippen LogP contribution < -0.4 is 0 Å². The zero-order chi connectivity index (χ0) is 13.4. The van der Waals surface area contributed by atoms with Gasteiger partial charge in [0, 0.05) is 29.6 Å². The minimum atomic E-state index is -0.984. The van der Waals surface area contributed by atoms with E-state index in [4.69, 9.17) is 9.84 Å². The summed E-state index contributed by atoms with van der Waals surface area (Å²) in [6.45, 7) is 5.15. The van der Waals surface area contributed by atoms with E-state index in [1.54, 1.807) is 18.5 Å².